The highest BCUT2D eigenvalue weighted by atomic mass is 16.6. The van der Waals surface area contributed by atoms with Crippen molar-refractivity contribution in [2.45, 2.75) is 132 Å². The van der Waals surface area contributed by atoms with Crippen LogP contribution < -0.4 is 5.82 Å². The van der Waals surface area contributed by atoms with E-state index in [4.69, 9.17) is 18.3 Å². The number of carbonyl (C=O) groups is 4. The molecule has 1 heterocycles. The number of fused-ring (bicyclic) bond motifs is 7. The number of allylic oxidation sites excluding steroid dienone is 2. The van der Waals surface area contributed by atoms with E-state index in [1.807, 2.05) is 13.0 Å². The summed E-state index contributed by atoms with van der Waals surface area (Å²) in [6, 6.07) is 0. The summed E-state index contributed by atoms with van der Waals surface area (Å²) in [5.74, 6) is -2.88. The normalized spacial score (nSPS) is 43.5. The fourth-order valence-electron chi connectivity index (χ4n) is 11.7. The van der Waals surface area contributed by atoms with Gasteiger partial charge in [0.05, 0.1) is 5.41 Å². The van der Waals surface area contributed by atoms with Crippen LogP contribution in [0.3, 0.4) is 0 Å². The third kappa shape index (κ3) is 4.73. The summed E-state index contributed by atoms with van der Waals surface area (Å²) in [6.45, 7) is 15.5. The lowest BCUT2D eigenvalue weighted by atomic mass is 9.33. The van der Waals surface area contributed by atoms with Gasteiger partial charge in [-0.15, -0.1) is 0 Å². The van der Waals surface area contributed by atoms with E-state index in [1.165, 1.54) is 6.92 Å². The highest BCUT2D eigenvalue weighted by molar-refractivity contribution is 5.96. The summed E-state index contributed by atoms with van der Waals surface area (Å²) < 4.78 is 22.0. The van der Waals surface area contributed by atoms with Crippen molar-refractivity contribution in [3.8, 4) is 0 Å². The Bertz CT molecular complexity index is 1630. The van der Waals surface area contributed by atoms with Gasteiger partial charge < -0.3 is 23.4 Å². The van der Waals surface area contributed by atoms with Gasteiger partial charge in [0.2, 0.25) is 0 Å². The number of carboxylic acid groups (broad SMARTS) is 1. The van der Waals surface area contributed by atoms with E-state index in [0.717, 1.165) is 24.8 Å². The van der Waals surface area contributed by atoms with Crippen molar-refractivity contribution in [3.63, 3.8) is 0 Å². The maximum atomic E-state index is 14.7. The lowest BCUT2D eigenvalue weighted by Crippen LogP contribution is -2.68. The number of carbonyl (C=O) groups excluding carboxylic acids is 3. The molecule has 5 aliphatic rings. The van der Waals surface area contributed by atoms with Crippen molar-refractivity contribution in [2.75, 3.05) is 0 Å². The Morgan fingerprint density at radius 2 is 1.58 bits per heavy atom. The van der Waals surface area contributed by atoms with E-state index < -0.39 is 51.5 Å². The van der Waals surface area contributed by atoms with Gasteiger partial charge in [0, 0.05) is 19.3 Å². The molecule has 0 bridgehead atoms. The molecule has 6 rings (SSSR count). The third-order valence-electron chi connectivity index (χ3n) is 14.8. The number of aryl methyl sites for hydroxylation is 1. The van der Waals surface area contributed by atoms with Gasteiger partial charge in [0.25, 0.3) is 0 Å². The number of rotatable bonds is 6. The second-order valence-electron chi connectivity index (χ2n) is 17.2. The first kappa shape index (κ1) is 34.7. The molecule has 1 N–H and O–H groups in total. The average molecular weight is 669 g/mol. The van der Waals surface area contributed by atoms with Crippen molar-refractivity contribution in [3.05, 3.63) is 33.8 Å². The van der Waals surface area contributed by atoms with Crippen molar-refractivity contribution in [1.29, 1.82) is 0 Å². The lowest BCUT2D eigenvalue weighted by molar-refractivity contribution is -0.224. The highest BCUT2D eigenvalue weighted by Gasteiger charge is 2.72. The molecular weight excluding hydrogens is 616 g/mol. The zero-order chi connectivity index (χ0) is 35.2. The highest BCUT2D eigenvalue weighted by Crippen LogP contribution is 2.75. The topological polar surface area (TPSA) is 150 Å². The van der Waals surface area contributed by atoms with E-state index in [2.05, 4.69) is 27.7 Å². The predicted octanol–water partition coefficient (Wildman–Crippen LogP) is 6.82. The van der Waals surface area contributed by atoms with Crippen LogP contribution in [-0.4, -0.2) is 34.9 Å². The average Bonchev–Trinajstić information content (AvgIpc) is 3.38. The van der Waals surface area contributed by atoms with Crippen LogP contribution in [-0.2, 0) is 41.7 Å². The first-order valence-corrected chi connectivity index (χ1v) is 17.7. The molecule has 0 aromatic carbocycles. The smallest absolute Gasteiger partial charge is 0.481 e. The van der Waals surface area contributed by atoms with Crippen molar-refractivity contribution in [2.24, 2.45) is 50.2 Å². The van der Waals surface area contributed by atoms with E-state index in [1.54, 1.807) is 13.8 Å². The van der Waals surface area contributed by atoms with E-state index in [9.17, 15) is 29.1 Å². The van der Waals surface area contributed by atoms with Gasteiger partial charge in [0.15, 0.2) is 23.9 Å². The zero-order valence-corrected chi connectivity index (χ0v) is 29.8. The van der Waals surface area contributed by atoms with Crippen molar-refractivity contribution in [1.82, 2.24) is 0 Å². The molecule has 0 amide bonds. The summed E-state index contributed by atoms with van der Waals surface area (Å²) in [5, 5.41) is 10.2. The van der Waals surface area contributed by atoms with Gasteiger partial charge in [-0.2, -0.15) is 0 Å². The Hall–Kier alpha value is -3.17. The van der Waals surface area contributed by atoms with Gasteiger partial charge in [-0.3, -0.25) is 19.2 Å². The van der Waals surface area contributed by atoms with E-state index in [0.29, 0.717) is 50.7 Å². The number of hydrogen-bond donors (Lipinski definition) is 1. The number of esters is 2. The summed E-state index contributed by atoms with van der Waals surface area (Å²) in [6.07, 6.45) is 7.69. The Balaban J connectivity index is 1.39. The minimum Gasteiger partial charge on any atom is -0.481 e. The second-order valence-corrected chi connectivity index (χ2v) is 17.2. The Morgan fingerprint density at radius 3 is 2.23 bits per heavy atom. The molecular formula is C38H52O10. The lowest BCUT2D eigenvalue weighted by Gasteiger charge is -2.70. The predicted molar refractivity (Wildman–Crippen MR) is 173 cm³/mol. The number of ketones is 1. The molecule has 264 valence electrons. The fourth-order valence-corrected chi connectivity index (χ4v) is 11.7. The molecule has 4 fully saturated rings. The van der Waals surface area contributed by atoms with Crippen molar-refractivity contribution < 1.29 is 42.6 Å². The van der Waals surface area contributed by atoms with Gasteiger partial charge >= 0.3 is 23.7 Å². The molecule has 10 nitrogen and oxygen atoms in total. The zero-order valence-electron chi connectivity index (χ0n) is 29.8. The summed E-state index contributed by atoms with van der Waals surface area (Å²) in [5.41, 5.74) is -2.38. The number of carboxylic acids is 1. The van der Waals surface area contributed by atoms with Crippen LogP contribution in [0.25, 0.3) is 0 Å². The summed E-state index contributed by atoms with van der Waals surface area (Å²) >= 11 is 0. The summed E-state index contributed by atoms with van der Waals surface area (Å²) in [4.78, 5) is 65.6. The minimum absolute atomic E-state index is 0.00860. The molecule has 0 saturated heterocycles. The molecule has 0 radical (unpaired) electrons. The Labute approximate surface area is 282 Å². The minimum atomic E-state index is -1.26. The standard InChI is InChI=1S/C38H52O10/c1-9-25-26(48-32(44)47-25)20-45-31(43)38(8)27-10-13-37(7)29(35(27,5)12-11-28(38)46-21(2)39)24(40)18-22-23-19-34(4,30(41)42)15-14-33(23,3)16-17-36(22,37)6/h18,23,27-29H,9-17,19-20H2,1-8H3,(H,41,42)/t23-,27+,28-,29+,33+,34-,35-,36+,37+,38-/m0/s1. The number of aliphatic carboxylic acids is 1. The second kappa shape index (κ2) is 11.2. The molecule has 5 aliphatic carbocycles. The van der Waals surface area contributed by atoms with Crippen LogP contribution in [0.1, 0.15) is 125 Å². The first-order chi connectivity index (χ1) is 22.3. The van der Waals surface area contributed by atoms with Crippen LogP contribution in [0.4, 0.5) is 0 Å². The molecule has 1 aromatic heterocycles. The Morgan fingerprint density at radius 1 is 0.917 bits per heavy atom. The molecule has 1 aromatic rings. The number of ether oxygens (including phenoxy) is 2. The maximum absolute atomic E-state index is 14.7. The van der Waals surface area contributed by atoms with Crippen LogP contribution in [0.5, 0.6) is 0 Å². The van der Waals surface area contributed by atoms with E-state index >= 15 is 0 Å². The molecule has 48 heavy (non-hydrogen) atoms. The molecule has 10 heteroatoms. The Kier molecular flexibility index (Phi) is 8.07. The third-order valence-corrected chi connectivity index (χ3v) is 14.8. The maximum Gasteiger partial charge on any atom is 0.519 e. The van der Waals surface area contributed by atoms with E-state index in [-0.39, 0.29) is 46.7 Å². The van der Waals surface area contributed by atoms with Gasteiger partial charge in [-0.1, -0.05) is 40.2 Å². The molecule has 0 spiro atoms. The number of hydrogen-bond acceptors (Lipinski definition) is 9. The monoisotopic (exact) mass is 668 g/mol. The van der Waals surface area contributed by atoms with Crippen LogP contribution in [0.2, 0.25) is 0 Å². The SMILES string of the molecule is CCc1oc(=O)oc1COC(=O)[C@]1(C)[C@@H](OC(C)=O)CC[C@@]2(C)[C@H]1CC[C@]1(C)[C@@H]2C(=O)C=C2[C@@H]3C[C@@](C)(C(=O)O)CC[C@]3(C)CC[C@]21C. The largest absolute Gasteiger partial charge is 0.519 e. The van der Waals surface area contributed by atoms with Gasteiger partial charge in [0.1, 0.15) is 11.5 Å². The van der Waals surface area contributed by atoms with Crippen molar-refractivity contribution >= 4 is 23.7 Å². The summed E-state index contributed by atoms with van der Waals surface area (Å²) in [7, 11) is 0. The molecule has 4 saturated carbocycles. The molecule has 0 unspecified atom stereocenters. The quantitative estimate of drug-likeness (QED) is 0.320. The van der Waals surface area contributed by atoms with Crippen LogP contribution in [0.15, 0.2) is 25.3 Å². The van der Waals surface area contributed by atoms with Crippen LogP contribution >= 0.6 is 0 Å². The van der Waals surface area contributed by atoms with Gasteiger partial charge in [-0.25, -0.2) is 4.79 Å². The first-order valence-electron chi connectivity index (χ1n) is 17.7. The molecule has 0 aliphatic heterocycles. The van der Waals surface area contributed by atoms with Gasteiger partial charge in [-0.05, 0) is 111 Å². The molecule has 10 atom stereocenters. The fraction of sp³-hybridized carbons (Fsp3) is 0.763. The van der Waals surface area contributed by atoms with Crippen LogP contribution in [0, 0.1) is 50.2 Å².